The second kappa shape index (κ2) is 7.53. The number of carbonyl (C=O) groups excluding carboxylic acids is 1. The van der Waals surface area contributed by atoms with Gasteiger partial charge >= 0.3 is 6.18 Å². The Hall–Kier alpha value is -2.23. The van der Waals surface area contributed by atoms with E-state index >= 15 is 0 Å². The van der Waals surface area contributed by atoms with Crippen LogP contribution in [-0.4, -0.2) is 19.0 Å². The van der Waals surface area contributed by atoms with Crippen molar-refractivity contribution in [3.63, 3.8) is 0 Å². The lowest BCUT2D eigenvalue weighted by atomic mass is 10.1. The molecule has 0 spiro atoms. The molecule has 0 radical (unpaired) electrons. The third-order valence-electron chi connectivity index (χ3n) is 2.70. The Balaban J connectivity index is 2.62. The SMILES string of the molecule is CCCNC(=O)CCNc1ccc(C(F)(F)F)c(C#N)c1. The van der Waals surface area contributed by atoms with Gasteiger partial charge in [0, 0.05) is 25.2 Å². The van der Waals surface area contributed by atoms with Crippen LogP contribution in [0.15, 0.2) is 18.2 Å². The normalized spacial score (nSPS) is 10.8. The first kappa shape index (κ1) is 16.8. The quantitative estimate of drug-likeness (QED) is 0.849. The van der Waals surface area contributed by atoms with E-state index in [-0.39, 0.29) is 18.9 Å². The summed E-state index contributed by atoms with van der Waals surface area (Å²) < 4.78 is 37.9. The average Bonchev–Trinajstić information content (AvgIpc) is 2.43. The smallest absolute Gasteiger partial charge is 0.384 e. The first-order chi connectivity index (χ1) is 9.88. The molecule has 0 aliphatic rings. The summed E-state index contributed by atoms with van der Waals surface area (Å²) in [5.41, 5.74) is -1.03. The summed E-state index contributed by atoms with van der Waals surface area (Å²) in [7, 11) is 0. The molecule has 114 valence electrons. The van der Waals surface area contributed by atoms with Crippen LogP contribution in [-0.2, 0) is 11.0 Å². The Morgan fingerprint density at radius 3 is 2.62 bits per heavy atom. The van der Waals surface area contributed by atoms with Gasteiger partial charge < -0.3 is 10.6 Å². The van der Waals surface area contributed by atoms with E-state index in [1.54, 1.807) is 0 Å². The van der Waals surface area contributed by atoms with Crippen molar-refractivity contribution in [3.8, 4) is 6.07 Å². The van der Waals surface area contributed by atoms with Crippen LogP contribution in [0.4, 0.5) is 18.9 Å². The fourth-order valence-electron chi connectivity index (χ4n) is 1.67. The fraction of sp³-hybridized carbons (Fsp3) is 0.429. The van der Waals surface area contributed by atoms with Crippen molar-refractivity contribution in [1.82, 2.24) is 5.32 Å². The number of hydrogen-bond acceptors (Lipinski definition) is 3. The second-order valence-electron chi connectivity index (χ2n) is 4.40. The summed E-state index contributed by atoms with van der Waals surface area (Å²) >= 11 is 0. The maximum atomic E-state index is 12.6. The number of halogens is 3. The molecular formula is C14H16F3N3O. The van der Waals surface area contributed by atoms with E-state index in [4.69, 9.17) is 5.26 Å². The molecule has 0 aliphatic carbocycles. The van der Waals surface area contributed by atoms with Gasteiger partial charge in [-0.25, -0.2) is 0 Å². The van der Waals surface area contributed by atoms with E-state index < -0.39 is 17.3 Å². The third kappa shape index (κ3) is 5.34. The van der Waals surface area contributed by atoms with E-state index in [0.717, 1.165) is 18.6 Å². The van der Waals surface area contributed by atoms with Crippen molar-refractivity contribution in [3.05, 3.63) is 29.3 Å². The van der Waals surface area contributed by atoms with Gasteiger partial charge in [0.1, 0.15) is 0 Å². The molecule has 1 rings (SSSR count). The number of amides is 1. The predicted molar refractivity (Wildman–Crippen MR) is 72.6 cm³/mol. The van der Waals surface area contributed by atoms with Crippen LogP contribution >= 0.6 is 0 Å². The van der Waals surface area contributed by atoms with Gasteiger partial charge in [-0.05, 0) is 24.6 Å². The predicted octanol–water partition coefficient (Wildman–Crippen LogP) is 2.91. The summed E-state index contributed by atoms with van der Waals surface area (Å²) in [4.78, 5) is 11.3. The molecule has 21 heavy (non-hydrogen) atoms. The number of nitrogens with one attached hydrogen (secondary N) is 2. The zero-order chi connectivity index (χ0) is 15.9. The van der Waals surface area contributed by atoms with E-state index in [0.29, 0.717) is 12.2 Å². The Morgan fingerprint density at radius 1 is 1.33 bits per heavy atom. The van der Waals surface area contributed by atoms with E-state index in [1.165, 1.54) is 12.1 Å². The molecule has 0 aromatic heterocycles. The number of benzene rings is 1. The Morgan fingerprint density at radius 2 is 2.05 bits per heavy atom. The van der Waals surface area contributed by atoms with Crippen molar-refractivity contribution in [2.24, 2.45) is 0 Å². The maximum absolute atomic E-state index is 12.6. The van der Waals surface area contributed by atoms with E-state index in [2.05, 4.69) is 10.6 Å². The summed E-state index contributed by atoms with van der Waals surface area (Å²) in [6, 6.07) is 4.76. The molecule has 0 unspecified atom stereocenters. The summed E-state index contributed by atoms with van der Waals surface area (Å²) in [5, 5.41) is 14.3. The van der Waals surface area contributed by atoms with Crippen LogP contribution in [0, 0.1) is 11.3 Å². The third-order valence-corrected chi connectivity index (χ3v) is 2.70. The lowest BCUT2D eigenvalue weighted by Gasteiger charge is -2.11. The Kier molecular flexibility index (Phi) is 6.03. The van der Waals surface area contributed by atoms with Crippen molar-refractivity contribution in [1.29, 1.82) is 5.26 Å². The summed E-state index contributed by atoms with van der Waals surface area (Å²) in [6.07, 6.45) is -3.50. The van der Waals surface area contributed by atoms with E-state index in [9.17, 15) is 18.0 Å². The van der Waals surface area contributed by atoms with Gasteiger partial charge in [0.05, 0.1) is 17.2 Å². The molecule has 4 nitrogen and oxygen atoms in total. The van der Waals surface area contributed by atoms with Gasteiger partial charge in [-0.3, -0.25) is 4.79 Å². The highest BCUT2D eigenvalue weighted by Crippen LogP contribution is 2.32. The highest BCUT2D eigenvalue weighted by molar-refractivity contribution is 5.76. The Labute approximate surface area is 121 Å². The molecular weight excluding hydrogens is 283 g/mol. The van der Waals surface area contributed by atoms with Crippen LogP contribution in [0.1, 0.15) is 30.9 Å². The number of nitriles is 1. The molecule has 0 aliphatic heterocycles. The topological polar surface area (TPSA) is 64.9 Å². The van der Waals surface area contributed by atoms with Gasteiger partial charge in [0.15, 0.2) is 0 Å². The molecule has 0 fully saturated rings. The standard InChI is InChI=1S/C14H16F3N3O/c1-2-6-20-13(21)5-7-19-11-3-4-12(14(15,16)17)10(8-11)9-18/h3-4,8,19H,2,5-7H2,1H3,(H,20,21). The maximum Gasteiger partial charge on any atom is 0.417 e. The molecule has 7 heteroatoms. The minimum atomic E-state index is -4.55. The fourth-order valence-corrected chi connectivity index (χ4v) is 1.67. The van der Waals surface area contributed by atoms with Gasteiger partial charge in [0.25, 0.3) is 0 Å². The van der Waals surface area contributed by atoms with Gasteiger partial charge in [-0.15, -0.1) is 0 Å². The lowest BCUT2D eigenvalue weighted by Crippen LogP contribution is -2.25. The van der Waals surface area contributed by atoms with Gasteiger partial charge in [0.2, 0.25) is 5.91 Å². The molecule has 0 bridgehead atoms. The number of alkyl halides is 3. The highest BCUT2D eigenvalue weighted by atomic mass is 19.4. The molecule has 1 aromatic carbocycles. The van der Waals surface area contributed by atoms with Crippen molar-refractivity contribution >= 4 is 11.6 Å². The van der Waals surface area contributed by atoms with Gasteiger partial charge in [-0.2, -0.15) is 18.4 Å². The van der Waals surface area contributed by atoms with Crippen LogP contribution in [0.2, 0.25) is 0 Å². The zero-order valence-electron chi connectivity index (χ0n) is 11.5. The number of rotatable bonds is 6. The average molecular weight is 299 g/mol. The molecule has 1 aromatic rings. The van der Waals surface area contributed by atoms with Crippen molar-refractivity contribution < 1.29 is 18.0 Å². The minimum absolute atomic E-state index is 0.128. The number of hydrogen-bond donors (Lipinski definition) is 2. The van der Waals surface area contributed by atoms with Crippen LogP contribution in [0.25, 0.3) is 0 Å². The molecule has 2 N–H and O–H groups in total. The lowest BCUT2D eigenvalue weighted by molar-refractivity contribution is -0.137. The number of carbonyl (C=O) groups is 1. The first-order valence-corrected chi connectivity index (χ1v) is 6.50. The van der Waals surface area contributed by atoms with Crippen LogP contribution in [0.3, 0.4) is 0 Å². The number of nitrogens with zero attached hydrogens (tertiary/aromatic N) is 1. The summed E-state index contributed by atoms with van der Waals surface area (Å²) in [6.45, 7) is 2.81. The summed E-state index contributed by atoms with van der Waals surface area (Å²) in [5.74, 6) is -0.128. The molecule has 0 heterocycles. The minimum Gasteiger partial charge on any atom is -0.384 e. The first-order valence-electron chi connectivity index (χ1n) is 6.50. The zero-order valence-corrected chi connectivity index (χ0v) is 11.5. The second-order valence-corrected chi connectivity index (χ2v) is 4.40. The molecule has 0 atom stereocenters. The molecule has 0 saturated carbocycles. The van der Waals surface area contributed by atoms with Crippen molar-refractivity contribution in [2.45, 2.75) is 25.9 Å². The van der Waals surface area contributed by atoms with E-state index in [1.807, 2.05) is 6.92 Å². The highest BCUT2D eigenvalue weighted by Gasteiger charge is 2.33. The van der Waals surface area contributed by atoms with Crippen LogP contribution < -0.4 is 10.6 Å². The van der Waals surface area contributed by atoms with Crippen LogP contribution in [0.5, 0.6) is 0 Å². The van der Waals surface area contributed by atoms with Gasteiger partial charge in [-0.1, -0.05) is 6.92 Å². The monoisotopic (exact) mass is 299 g/mol. The molecule has 0 saturated heterocycles. The molecule has 1 amide bonds. The van der Waals surface area contributed by atoms with Crippen molar-refractivity contribution in [2.75, 3.05) is 18.4 Å². The number of anilines is 1. The Bertz CT molecular complexity index is 535. The largest absolute Gasteiger partial charge is 0.417 e.